The molecule has 6 nitrogen and oxygen atoms in total. The van der Waals surface area contributed by atoms with Crippen LogP contribution >= 0.6 is 0 Å². The van der Waals surface area contributed by atoms with E-state index in [0.29, 0.717) is 0 Å². The van der Waals surface area contributed by atoms with Crippen molar-refractivity contribution < 1.29 is 9.90 Å². The van der Waals surface area contributed by atoms with Crippen LogP contribution in [-0.2, 0) is 11.2 Å². The van der Waals surface area contributed by atoms with Crippen LogP contribution in [0.3, 0.4) is 0 Å². The minimum absolute atomic E-state index is 0.147. The van der Waals surface area contributed by atoms with E-state index in [4.69, 9.17) is 4.98 Å². The molecule has 0 amide bonds. The molecule has 1 atom stereocenters. The molecule has 23 heavy (non-hydrogen) atoms. The number of rotatable bonds is 4. The van der Waals surface area contributed by atoms with Crippen LogP contribution in [0.15, 0.2) is 6.07 Å². The number of carbonyl (C=O) groups is 1. The van der Waals surface area contributed by atoms with Crippen LogP contribution in [0.4, 0.5) is 5.82 Å². The lowest BCUT2D eigenvalue weighted by atomic mass is 9.76. The van der Waals surface area contributed by atoms with Crippen molar-refractivity contribution in [3.8, 4) is 0 Å². The van der Waals surface area contributed by atoms with Gasteiger partial charge in [-0.2, -0.15) is 0 Å². The first kappa shape index (κ1) is 16.2. The van der Waals surface area contributed by atoms with Gasteiger partial charge in [-0.05, 0) is 38.0 Å². The largest absolute Gasteiger partial charge is 0.480 e. The first-order chi connectivity index (χ1) is 11.0. The Kier molecular flexibility index (Phi) is 4.53. The molecule has 0 aliphatic carbocycles. The van der Waals surface area contributed by atoms with Gasteiger partial charge in [0.1, 0.15) is 17.7 Å². The van der Waals surface area contributed by atoms with Crippen LogP contribution in [0.2, 0.25) is 0 Å². The summed E-state index contributed by atoms with van der Waals surface area (Å²) in [4.78, 5) is 22.7. The molecule has 0 unspecified atom stereocenters. The van der Waals surface area contributed by atoms with E-state index in [1.54, 1.807) is 0 Å². The lowest BCUT2D eigenvalue weighted by Gasteiger charge is -2.39. The number of piperidine rings is 1. The number of nitrogens with one attached hydrogen (secondary N) is 1. The summed E-state index contributed by atoms with van der Waals surface area (Å²) in [7, 11) is 0. The van der Waals surface area contributed by atoms with Crippen molar-refractivity contribution in [3.63, 3.8) is 0 Å². The summed E-state index contributed by atoms with van der Waals surface area (Å²) in [6.45, 7) is 6.86. The molecule has 1 spiro atoms. The lowest BCUT2D eigenvalue weighted by molar-refractivity contribution is -0.139. The minimum Gasteiger partial charge on any atom is -0.480 e. The van der Waals surface area contributed by atoms with Gasteiger partial charge in [0.15, 0.2) is 0 Å². The molecule has 2 saturated heterocycles. The molecule has 6 heteroatoms. The quantitative estimate of drug-likeness (QED) is 0.881. The van der Waals surface area contributed by atoms with E-state index in [1.165, 1.54) is 0 Å². The normalized spacial score (nSPS) is 23.4. The van der Waals surface area contributed by atoms with Gasteiger partial charge in [0.2, 0.25) is 0 Å². The van der Waals surface area contributed by atoms with Gasteiger partial charge in [-0.15, -0.1) is 0 Å². The second kappa shape index (κ2) is 6.43. The molecule has 1 aromatic rings. The summed E-state index contributed by atoms with van der Waals surface area (Å²) in [5.74, 6) is 1.23. The maximum atomic E-state index is 11.2. The monoisotopic (exact) mass is 318 g/mol. The standard InChI is InChI=1S/C17H26N4O2/c1-3-4-14-19-12(2)9-15(20-14)21-7-5-17(6-8-21)10-13(16(22)23)18-11-17/h9,13,18H,3-8,10-11H2,1-2H3,(H,22,23)/t13-/m0/s1. The van der Waals surface area contributed by atoms with E-state index in [0.717, 1.165) is 69.1 Å². The first-order valence-corrected chi connectivity index (χ1v) is 8.57. The molecule has 2 N–H and O–H groups in total. The van der Waals surface area contributed by atoms with Gasteiger partial charge in [-0.1, -0.05) is 6.92 Å². The lowest BCUT2D eigenvalue weighted by Crippen LogP contribution is -2.41. The Morgan fingerprint density at radius 1 is 1.43 bits per heavy atom. The van der Waals surface area contributed by atoms with Crippen molar-refractivity contribution in [3.05, 3.63) is 17.6 Å². The number of carboxylic acid groups (broad SMARTS) is 1. The predicted molar refractivity (Wildman–Crippen MR) is 88.7 cm³/mol. The number of aryl methyl sites for hydroxylation is 2. The Labute approximate surface area is 137 Å². The number of carboxylic acids is 1. The number of aliphatic carboxylic acids is 1. The highest BCUT2D eigenvalue weighted by Crippen LogP contribution is 2.40. The molecule has 2 aliphatic rings. The topological polar surface area (TPSA) is 78.4 Å². The number of aromatic nitrogens is 2. The van der Waals surface area contributed by atoms with Crippen LogP contribution in [0.25, 0.3) is 0 Å². The van der Waals surface area contributed by atoms with Gasteiger partial charge < -0.3 is 15.3 Å². The fourth-order valence-electron chi connectivity index (χ4n) is 3.79. The third-order valence-corrected chi connectivity index (χ3v) is 5.17. The van der Waals surface area contributed by atoms with Crippen LogP contribution in [0.5, 0.6) is 0 Å². The molecule has 0 saturated carbocycles. The fourth-order valence-corrected chi connectivity index (χ4v) is 3.79. The summed E-state index contributed by atoms with van der Waals surface area (Å²) in [5.41, 5.74) is 1.17. The molecular formula is C17H26N4O2. The Hall–Kier alpha value is -1.69. The SMILES string of the molecule is CCCc1nc(C)cc(N2CCC3(CC2)CN[C@H](C(=O)O)C3)n1. The van der Waals surface area contributed by atoms with E-state index < -0.39 is 5.97 Å². The average Bonchev–Trinajstić information content (AvgIpc) is 2.92. The number of nitrogens with zero attached hydrogens (tertiary/aromatic N) is 3. The fraction of sp³-hybridized carbons (Fsp3) is 0.706. The molecule has 0 bridgehead atoms. The van der Waals surface area contributed by atoms with Crippen molar-refractivity contribution in [2.45, 2.75) is 52.0 Å². The van der Waals surface area contributed by atoms with E-state index in [1.807, 2.05) is 6.92 Å². The van der Waals surface area contributed by atoms with Crippen molar-refractivity contribution >= 4 is 11.8 Å². The highest BCUT2D eigenvalue weighted by molar-refractivity contribution is 5.74. The van der Waals surface area contributed by atoms with Gasteiger partial charge in [-0.25, -0.2) is 9.97 Å². The zero-order valence-corrected chi connectivity index (χ0v) is 14.0. The van der Waals surface area contributed by atoms with E-state index in [2.05, 4.69) is 28.2 Å². The third kappa shape index (κ3) is 3.47. The van der Waals surface area contributed by atoms with Crippen molar-refractivity contribution in [1.82, 2.24) is 15.3 Å². The van der Waals surface area contributed by atoms with E-state index in [-0.39, 0.29) is 11.5 Å². The highest BCUT2D eigenvalue weighted by atomic mass is 16.4. The van der Waals surface area contributed by atoms with Gasteiger partial charge in [-0.3, -0.25) is 4.79 Å². The summed E-state index contributed by atoms with van der Waals surface area (Å²) >= 11 is 0. The second-order valence-corrected chi connectivity index (χ2v) is 7.00. The number of hydrogen-bond donors (Lipinski definition) is 2. The molecule has 1 aromatic heterocycles. The third-order valence-electron chi connectivity index (χ3n) is 5.17. The van der Waals surface area contributed by atoms with Crippen LogP contribution in [0, 0.1) is 12.3 Å². The summed E-state index contributed by atoms with van der Waals surface area (Å²) in [5, 5.41) is 12.3. The molecule has 3 heterocycles. The summed E-state index contributed by atoms with van der Waals surface area (Å²) < 4.78 is 0. The average molecular weight is 318 g/mol. The molecular weight excluding hydrogens is 292 g/mol. The zero-order valence-electron chi connectivity index (χ0n) is 14.0. The minimum atomic E-state index is -0.722. The summed E-state index contributed by atoms with van der Waals surface area (Å²) in [6.07, 6.45) is 4.76. The molecule has 2 fully saturated rings. The van der Waals surface area contributed by atoms with E-state index in [9.17, 15) is 9.90 Å². The van der Waals surface area contributed by atoms with Gasteiger partial charge in [0.05, 0.1) is 0 Å². The predicted octanol–water partition coefficient (Wildman–Crippen LogP) is 1.77. The number of anilines is 1. The second-order valence-electron chi connectivity index (χ2n) is 7.00. The van der Waals surface area contributed by atoms with Crippen molar-refractivity contribution in [2.24, 2.45) is 5.41 Å². The van der Waals surface area contributed by atoms with Gasteiger partial charge in [0.25, 0.3) is 0 Å². The Morgan fingerprint density at radius 2 is 2.17 bits per heavy atom. The molecule has 0 radical (unpaired) electrons. The highest BCUT2D eigenvalue weighted by Gasteiger charge is 2.43. The van der Waals surface area contributed by atoms with Crippen LogP contribution in [-0.4, -0.2) is 46.7 Å². The maximum absolute atomic E-state index is 11.2. The van der Waals surface area contributed by atoms with Crippen molar-refractivity contribution in [1.29, 1.82) is 0 Å². The Balaban J connectivity index is 1.66. The molecule has 0 aromatic carbocycles. The van der Waals surface area contributed by atoms with E-state index >= 15 is 0 Å². The zero-order chi connectivity index (χ0) is 16.4. The van der Waals surface area contributed by atoms with Crippen LogP contribution < -0.4 is 10.2 Å². The van der Waals surface area contributed by atoms with Gasteiger partial charge in [0, 0.05) is 37.8 Å². The molecule has 3 rings (SSSR count). The summed E-state index contributed by atoms with van der Waals surface area (Å²) in [6, 6.07) is 1.68. The van der Waals surface area contributed by atoms with Crippen molar-refractivity contribution in [2.75, 3.05) is 24.5 Å². The Morgan fingerprint density at radius 3 is 2.78 bits per heavy atom. The molecule has 2 aliphatic heterocycles. The smallest absolute Gasteiger partial charge is 0.320 e. The Bertz CT molecular complexity index is 582. The maximum Gasteiger partial charge on any atom is 0.320 e. The molecule has 126 valence electrons. The van der Waals surface area contributed by atoms with Gasteiger partial charge >= 0.3 is 5.97 Å². The van der Waals surface area contributed by atoms with Crippen LogP contribution in [0.1, 0.15) is 44.1 Å². The number of hydrogen-bond acceptors (Lipinski definition) is 5. The first-order valence-electron chi connectivity index (χ1n) is 8.57.